The Kier molecular flexibility index (Phi) is 6.40. The van der Waals surface area contributed by atoms with Crippen molar-refractivity contribution in [2.24, 2.45) is 5.14 Å². The van der Waals surface area contributed by atoms with Crippen molar-refractivity contribution in [2.45, 2.75) is 43.8 Å². The highest BCUT2D eigenvalue weighted by molar-refractivity contribution is 7.89. The number of amides is 1. The van der Waals surface area contributed by atoms with E-state index in [0.717, 1.165) is 29.4 Å². The number of fused-ring (bicyclic) bond motifs is 1. The van der Waals surface area contributed by atoms with Crippen LogP contribution in [0.25, 0.3) is 11.0 Å². The largest absolute Gasteiger partial charge is 0.381 e. The number of anilines is 1. The molecule has 3 heterocycles. The molecule has 10 nitrogen and oxygen atoms in total. The molecule has 4 N–H and O–H groups in total. The number of nitrogens with one attached hydrogen (secondary N) is 2. The number of nitrogens with two attached hydrogens (primary N) is 1. The summed E-state index contributed by atoms with van der Waals surface area (Å²) in [4.78, 5) is 17.6. The third-order valence-electron chi connectivity index (χ3n) is 5.49. The van der Waals surface area contributed by atoms with Gasteiger partial charge in [-0.1, -0.05) is 12.1 Å². The number of aryl methyl sites for hydroxylation is 1. The first-order chi connectivity index (χ1) is 15.4. The summed E-state index contributed by atoms with van der Waals surface area (Å²) < 4.78 is 30.1. The molecular weight excluding hydrogens is 432 g/mol. The quantitative estimate of drug-likeness (QED) is 0.488. The van der Waals surface area contributed by atoms with Crippen LogP contribution in [0.1, 0.15) is 35.7 Å². The molecule has 0 saturated carbocycles. The van der Waals surface area contributed by atoms with Crippen molar-refractivity contribution in [3.63, 3.8) is 0 Å². The van der Waals surface area contributed by atoms with Crippen molar-refractivity contribution in [3.8, 4) is 0 Å². The number of aromatic nitrogens is 3. The highest BCUT2D eigenvalue weighted by atomic mass is 32.2. The monoisotopic (exact) mass is 458 g/mol. The molecule has 3 aromatic rings. The summed E-state index contributed by atoms with van der Waals surface area (Å²) in [7, 11) is -3.76. The molecule has 0 radical (unpaired) electrons. The topological polar surface area (TPSA) is 141 Å². The van der Waals surface area contributed by atoms with Crippen molar-refractivity contribution in [3.05, 3.63) is 47.8 Å². The zero-order valence-electron chi connectivity index (χ0n) is 17.7. The number of carbonyl (C=O) groups is 1. The lowest BCUT2D eigenvalue weighted by Gasteiger charge is -2.25. The molecule has 1 fully saturated rings. The first kappa shape index (κ1) is 22.2. The number of primary sulfonamides is 1. The molecule has 0 unspecified atom stereocenters. The van der Waals surface area contributed by atoms with Gasteiger partial charge in [0.25, 0.3) is 5.91 Å². The summed E-state index contributed by atoms with van der Waals surface area (Å²) >= 11 is 0. The Balaban J connectivity index is 1.57. The van der Waals surface area contributed by atoms with Crippen LogP contribution in [0.15, 0.2) is 41.6 Å². The van der Waals surface area contributed by atoms with Crippen molar-refractivity contribution < 1.29 is 17.9 Å². The van der Waals surface area contributed by atoms with Crippen LogP contribution in [0, 0.1) is 0 Å². The van der Waals surface area contributed by atoms with E-state index >= 15 is 0 Å². The van der Waals surface area contributed by atoms with Crippen LogP contribution in [0.4, 0.5) is 5.69 Å². The van der Waals surface area contributed by atoms with Crippen molar-refractivity contribution in [1.29, 1.82) is 0 Å². The van der Waals surface area contributed by atoms with E-state index in [2.05, 4.69) is 20.7 Å². The van der Waals surface area contributed by atoms with E-state index in [1.165, 1.54) is 12.1 Å². The van der Waals surface area contributed by atoms with Gasteiger partial charge < -0.3 is 15.4 Å². The second kappa shape index (κ2) is 9.23. The first-order valence-corrected chi connectivity index (χ1v) is 12.0. The summed E-state index contributed by atoms with van der Waals surface area (Å²) in [5.41, 5.74) is 2.61. The van der Waals surface area contributed by atoms with Crippen molar-refractivity contribution in [1.82, 2.24) is 20.1 Å². The number of ether oxygens (including phenoxy) is 1. The van der Waals surface area contributed by atoms with Crippen LogP contribution in [0.2, 0.25) is 0 Å². The van der Waals surface area contributed by atoms with E-state index in [1.807, 2.05) is 6.92 Å². The van der Waals surface area contributed by atoms with Crippen LogP contribution < -0.4 is 15.8 Å². The molecule has 0 spiro atoms. The zero-order valence-corrected chi connectivity index (χ0v) is 18.6. The minimum atomic E-state index is -3.76. The van der Waals surface area contributed by atoms with Crippen LogP contribution in [0.3, 0.4) is 0 Å². The van der Waals surface area contributed by atoms with Gasteiger partial charge in [0.05, 0.1) is 27.7 Å². The van der Waals surface area contributed by atoms with Gasteiger partial charge in [0.1, 0.15) is 0 Å². The number of nitrogens with zero attached hydrogens (tertiary/aromatic N) is 3. The second-order valence-corrected chi connectivity index (χ2v) is 9.21. The maximum atomic E-state index is 13.1. The molecule has 0 aliphatic carbocycles. The van der Waals surface area contributed by atoms with Gasteiger partial charge in [0.2, 0.25) is 10.0 Å². The zero-order chi connectivity index (χ0) is 22.7. The number of benzene rings is 1. The van der Waals surface area contributed by atoms with Gasteiger partial charge in [-0.2, -0.15) is 5.10 Å². The molecule has 1 saturated heterocycles. The van der Waals surface area contributed by atoms with Gasteiger partial charge in [0.15, 0.2) is 5.65 Å². The molecule has 1 aromatic carbocycles. The van der Waals surface area contributed by atoms with E-state index in [1.54, 1.807) is 29.2 Å². The molecule has 4 rings (SSSR count). The molecule has 1 aliphatic heterocycles. The lowest BCUT2D eigenvalue weighted by Crippen LogP contribution is -2.30. The maximum absolute atomic E-state index is 13.1. The molecule has 32 heavy (non-hydrogen) atoms. The normalized spacial score (nSPS) is 15.1. The Morgan fingerprint density at radius 1 is 1.22 bits per heavy atom. The van der Waals surface area contributed by atoms with Crippen molar-refractivity contribution in [2.75, 3.05) is 18.5 Å². The first-order valence-electron chi connectivity index (χ1n) is 10.5. The van der Waals surface area contributed by atoms with Gasteiger partial charge in [-0.25, -0.2) is 23.2 Å². The van der Waals surface area contributed by atoms with Crippen LogP contribution >= 0.6 is 0 Å². The number of hydrogen-bond donors (Lipinski definition) is 3. The lowest BCUT2D eigenvalue weighted by molar-refractivity contribution is 0.0904. The van der Waals surface area contributed by atoms with Crippen LogP contribution in [0.5, 0.6) is 0 Å². The van der Waals surface area contributed by atoms with Gasteiger partial charge in [-0.3, -0.25) is 4.79 Å². The van der Waals surface area contributed by atoms with Gasteiger partial charge >= 0.3 is 0 Å². The highest BCUT2D eigenvalue weighted by Gasteiger charge is 2.22. The Hall–Kier alpha value is -3.02. The SMILES string of the molecule is CCn1ncc2c(NC3CCOCC3)c(C(=O)NCc3ccc(S(N)(=O)=O)cc3)cnc21. The fourth-order valence-electron chi connectivity index (χ4n) is 3.71. The Morgan fingerprint density at radius 3 is 2.59 bits per heavy atom. The number of carbonyl (C=O) groups excluding carboxylic acids is 1. The van der Waals surface area contributed by atoms with E-state index < -0.39 is 10.0 Å². The summed E-state index contributed by atoms with van der Waals surface area (Å²) in [6, 6.07) is 6.27. The van der Waals surface area contributed by atoms with E-state index in [9.17, 15) is 13.2 Å². The summed E-state index contributed by atoms with van der Waals surface area (Å²) in [6.07, 6.45) is 5.00. The van der Waals surface area contributed by atoms with Gasteiger partial charge in [-0.05, 0) is 37.5 Å². The third-order valence-corrected chi connectivity index (χ3v) is 6.41. The minimum Gasteiger partial charge on any atom is -0.381 e. The van der Waals surface area contributed by atoms with Crippen LogP contribution in [-0.4, -0.2) is 48.3 Å². The molecule has 0 bridgehead atoms. The lowest BCUT2D eigenvalue weighted by atomic mass is 10.1. The number of hydrogen-bond acceptors (Lipinski definition) is 7. The van der Waals surface area contributed by atoms with Gasteiger partial charge in [0, 0.05) is 38.5 Å². The molecule has 170 valence electrons. The van der Waals surface area contributed by atoms with Gasteiger partial charge in [-0.15, -0.1) is 0 Å². The molecule has 1 amide bonds. The Morgan fingerprint density at radius 2 is 1.94 bits per heavy atom. The third kappa shape index (κ3) is 4.74. The average Bonchev–Trinajstić information content (AvgIpc) is 3.22. The highest BCUT2D eigenvalue weighted by Crippen LogP contribution is 2.28. The Bertz CT molecular complexity index is 1220. The minimum absolute atomic E-state index is 0.0260. The summed E-state index contributed by atoms with van der Waals surface area (Å²) in [6.45, 7) is 4.24. The van der Waals surface area contributed by atoms with E-state index in [0.29, 0.717) is 31.0 Å². The molecule has 0 atom stereocenters. The molecule has 1 aliphatic rings. The fourth-order valence-corrected chi connectivity index (χ4v) is 4.22. The smallest absolute Gasteiger partial charge is 0.255 e. The van der Waals surface area contributed by atoms with Crippen LogP contribution in [-0.2, 0) is 27.8 Å². The number of sulfonamides is 1. The Labute approximate surface area is 186 Å². The van der Waals surface area contributed by atoms with E-state index in [4.69, 9.17) is 9.88 Å². The summed E-state index contributed by atoms with van der Waals surface area (Å²) in [5.74, 6) is -0.284. The molecule has 11 heteroatoms. The molecule has 2 aromatic heterocycles. The predicted octanol–water partition coefficient (Wildman–Crippen LogP) is 1.62. The number of rotatable bonds is 7. The molecular formula is C21H26N6O4S. The second-order valence-electron chi connectivity index (χ2n) is 7.65. The standard InChI is InChI=1S/C21H26N6O4S/c1-2-27-20-17(13-25-27)19(26-15-7-9-31-10-8-15)18(12-23-20)21(28)24-11-14-3-5-16(6-4-14)32(22,29)30/h3-6,12-13,15H,2,7-11H2,1H3,(H,23,26)(H,24,28)(H2,22,29,30). The summed E-state index contributed by atoms with van der Waals surface area (Å²) in [5, 5.41) is 16.7. The number of pyridine rings is 1. The predicted molar refractivity (Wildman–Crippen MR) is 120 cm³/mol. The average molecular weight is 459 g/mol. The maximum Gasteiger partial charge on any atom is 0.255 e. The van der Waals surface area contributed by atoms with Crippen molar-refractivity contribution >= 4 is 32.7 Å². The van der Waals surface area contributed by atoms with E-state index in [-0.39, 0.29) is 23.4 Å². The fraction of sp³-hybridized carbons (Fsp3) is 0.381.